The minimum atomic E-state index is -0.142. The van der Waals surface area contributed by atoms with Crippen LogP contribution in [-0.2, 0) is 16.1 Å². The first-order valence-electron chi connectivity index (χ1n) is 5.92. The van der Waals surface area contributed by atoms with E-state index in [4.69, 9.17) is 4.74 Å². The second-order valence-corrected chi connectivity index (χ2v) is 4.78. The Labute approximate surface area is 103 Å². The number of nitrogens with one attached hydrogen (secondary N) is 1. The van der Waals surface area contributed by atoms with Gasteiger partial charge in [0, 0.05) is 12.0 Å². The Bertz CT molecular complexity index is 346. The van der Waals surface area contributed by atoms with Gasteiger partial charge in [0.05, 0.1) is 0 Å². The molecule has 1 N–H and O–H groups in total. The molecule has 1 aromatic rings. The zero-order valence-electron chi connectivity index (χ0n) is 10.8. The maximum atomic E-state index is 11.5. The fraction of sp³-hybridized carbons (Fsp3) is 0.500. The van der Waals surface area contributed by atoms with Gasteiger partial charge in [-0.3, -0.25) is 4.79 Å². The zero-order chi connectivity index (χ0) is 12.7. The molecule has 0 spiro atoms. The molecular weight excluding hydrogens is 214 g/mol. The minimum Gasteiger partial charge on any atom is -0.461 e. The molecule has 0 atom stereocenters. The number of esters is 1. The quantitative estimate of drug-likeness (QED) is 0.770. The molecule has 0 bridgehead atoms. The van der Waals surface area contributed by atoms with Gasteiger partial charge in [0.1, 0.15) is 6.61 Å². The fourth-order valence-corrected chi connectivity index (χ4v) is 1.35. The highest BCUT2D eigenvalue weighted by atomic mass is 16.5. The molecule has 0 amide bonds. The monoisotopic (exact) mass is 235 g/mol. The van der Waals surface area contributed by atoms with Gasteiger partial charge in [0.2, 0.25) is 0 Å². The molecule has 0 aliphatic rings. The second kappa shape index (κ2) is 6.40. The number of carbonyl (C=O) groups excluding carboxylic acids is 1. The molecular formula is C14H21NO2. The lowest BCUT2D eigenvalue weighted by Gasteiger charge is -2.23. The van der Waals surface area contributed by atoms with Crippen LogP contribution < -0.4 is 5.32 Å². The summed E-state index contributed by atoms with van der Waals surface area (Å²) in [5, 5.41) is 3.16. The molecule has 0 aliphatic heterocycles. The van der Waals surface area contributed by atoms with E-state index in [-0.39, 0.29) is 11.5 Å². The van der Waals surface area contributed by atoms with Crippen molar-refractivity contribution in [2.24, 2.45) is 0 Å². The van der Waals surface area contributed by atoms with Crippen molar-refractivity contribution in [3.8, 4) is 0 Å². The van der Waals surface area contributed by atoms with E-state index in [2.05, 4.69) is 19.2 Å². The average Bonchev–Trinajstić information content (AvgIpc) is 2.35. The van der Waals surface area contributed by atoms with E-state index in [0.717, 1.165) is 12.0 Å². The van der Waals surface area contributed by atoms with Crippen molar-refractivity contribution < 1.29 is 9.53 Å². The van der Waals surface area contributed by atoms with E-state index < -0.39 is 0 Å². The summed E-state index contributed by atoms with van der Waals surface area (Å²) >= 11 is 0. The van der Waals surface area contributed by atoms with Gasteiger partial charge in [-0.25, -0.2) is 0 Å². The third kappa shape index (κ3) is 5.50. The SMILES string of the molecule is CNC(C)(C)CCC(=O)OCc1ccccc1. The molecule has 0 fully saturated rings. The number of ether oxygens (including phenoxy) is 1. The number of hydrogen-bond acceptors (Lipinski definition) is 3. The van der Waals surface area contributed by atoms with Gasteiger partial charge in [0.25, 0.3) is 0 Å². The Morgan fingerprint density at radius 2 is 1.94 bits per heavy atom. The predicted octanol–water partition coefficient (Wildman–Crippen LogP) is 2.51. The number of benzene rings is 1. The van der Waals surface area contributed by atoms with Crippen molar-refractivity contribution in [2.75, 3.05) is 7.05 Å². The maximum absolute atomic E-state index is 11.5. The Hall–Kier alpha value is -1.35. The highest BCUT2D eigenvalue weighted by molar-refractivity contribution is 5.69. The van der Waals surface area contributed by atoms with Gasteiger partial charge in [0.15, 0.2) is 0 Å². The van der Waals surface area contributed by atoms with E-state index in [1.54, 1.807) is 0 Å². The van der Waals surface area contributed by atoms with Gasteiger partial charge in [-0.1, -0.05) is 30.3 Å². The molecule has 3 heteroatoms. The van der Waals surface area contributed by atoms with Crippen LogP contribution in [0.15, 0.2) is 30.3 Å². The second-order valence-electron chi connectivity index (χ2n) is 4.78. The Kier molecular flexibility index (Phi) is 5.16. The van der Waals surface area contributed by atoms with Crippen molar-refractivity contribution in [1.82, 2.24) is 5.32 Å². The first-order chi connectivity index (χ1) is 8.03. The highest BCUT2D eigenvalue weighted by Crippen LogP contribution is 2.11. The topological polar surface area (TPSA) is 38.3 Å². The number of rotatable bonds is 6. The molecule has 94 valence electrons. The van der Waals surface area contributed by atoms with E-state index in [1.165, 1.54) is 0 Å². The Morgan fingerprint density at radius 3 is 2.53 bits per heavy atom. The normalized spacial score (nSPS) is 11.2. The first-order valence-corrected chi connectivity index (χ1v) is 5.92. The summed E-state index contributed by atoms with van der Waals surface area (Å²) in [7, 11) is 1.90. The number of carbonyl (C=O) groups is 1. The molecule has 0 unspecified atom stereocenters. The molecule has 0 heterocycles. The van der Waals surface area contributed by atoms with Crippen molar-refractivity contribution in [2.45, 2.75) is 38.8 Å². The third-order valence-corrected chi connectivity index (χ3v) is 2.87. The van der Waals surface area contributed by atoms with Gasteiger partial charge in [-0.15, -0.1) is 0 Å². The summed E-state index contributed by atoms with van der Waals surface area (Å²) in [6.07, 6.45) is 1.22. The third-order valence-electron chi connectivity index (χ3n) is 2.87. The van der Waals surface area contributed by atoms with Gasteiger partial charge in [-0.05, 0) is 32.9 Å². The molecule has 1 aromatic carbocycles. The molecule has 17 heavy (non-hydrogen) atoms. The lowest BCUT2D eigenvalue weighted by atomic mass is 9.99. The van der Waals surface area contributed by atoms with Crippen molar-refractivity contribution >= 4 is 5.97 Å². The van der Waals surface area contributed by atoms with Crippen LogP contribution >= 0.6 is 0 Å². The molecule has 3 nitrogen and oxygen atoms in total. The van der Waals surface area contributed by atoms with Crippen molar-refractivity contribution in [1.29, 1.82) is 0 Å². The first kappa shape index (κ1) is 13.7. The van der Waals surface area contributed by atoms with E-state index in [9.17, 15) is 4.79 Å². The smallest absolute Gasteiger partial charge is 0.306 e. The fourth-order valence-electron chi connectivity index (χ4n) is 1.35. The zero-order valence-corrected chi connectivity index (χ0v) is 10.8. The highest BCUT2D eigenvalue weighted by Gasteiger charge is 2.16. The summed E-state index contributed by atoms with van der Waals surface area (Å²) < 4.78 is 5.20. The van der Waals surface area contributed by atoms with Crippen LogP contribution in [0.3, 0.4) is 0 Å². The van der Waals surface area contributed by atoms with E-state index in [0.29, 0.717) is 13.0 Å². The van der Waals surface area contributed by atoms with Crippen LogP contribution in [0.25, 0.3) is 0 Å². The summed E-state index contributed by atoms with van der Waals surface area (Å²) in [4.78, 5) is 11.5. The summed E-state index contributed by atoms with van der Waals surface area (Å²) in [5.41, 5.74) is 1.000. The summed E-state index contributed by atoms with van der Waals surface area (Å²) in [6, 6.07) is 9.72. The lowest BCUT2D eigenvalue weighted by molar-refractivity contribution is -0.145. The molecule has 0 aromatic heterocycles. The maximum Gasteiger partial charge on any atom is 0.306 e. The molecule has 0 aliphatic carbocycles. The van der Waals surface area contributed by atoms with Crippen molar-refractivity contribution in [3.05, 3.63) is 35.9 Å². The van der Waals surface area contributed by atoms with Crippen LogP contribution in [0.1, 0.15) is 32.3 Å². The van der Waals surface area contributed by atoms with E-state index in [1.807, 2.05) is 37.4 Å². The van der Waals surface area contributed by atoms with E-state index >= 15 is 0 Å². The largest absolute Gasteiger partial charge is 0.461 e. The molecule has 0 radical (unpaired) electrons. The van der Waals surface area contributed by atoms with Crippen LogP contribution in [0, 0.1) is 0 Å². The van der Waals surface area contributed by atoms with Crippen LogP contribution in [0.5, 0.6) is 0 Å². The summed E-state index contributed by atoms with van der Waals surface area (Å²) in [5.74, 6) is -0.142. The average molecular weight is 235 g/mol. The van der Waals surface area contributed by atoms with Gasteiger partial charge < -0.3 is 10.1 Å². The van der Waals surface area contributed by atoms with Gasteiger partial charge in [-0.2, -0.15) is 0 Å². The standard InChI is InChI=1S/C14H21NO2/c1-14(2,15-3)10-9-13(16)17-11-12-7-5-4-6-8-12/h4-8,15H,9-11H2,1-3H3. The minimum absolute atomic E-state index is 0.0221. The predicted molar refractivity (Wildman–Crippen MR) is 68.6 cm³/mol. The molecule has 0 saturated carbocycles. The van der Waals surface area contributed by atoms with Crippen LogP contribution in [0.4, 0.5) is 0 Å². The van der Waals surface area contributed by atoms with Gasteiger partial charge >= 0.3 is 5.97 Å². The number of hydrogen-bond donors (Lipinski definition) is 1. The van der Waals surface area contributed by atoms with Crippen molar-refractivity contribution in [3.63, 3.8) is 0 Å². The molecule has 0 saturated heterocycles. The Morgan fingerprint density at radius 1 is 1.29 bits per heavy atom. The lowest BCUT2D eigenvalue weighted by Crippen LogP contribution is -2.36. The molecule has 1 rings (SSSR count). The van der Waals surface area contributed by atoms with Crippen LogP contribution in [0.2, 0.25) is 0 Å². The Balaban J connectivity index is 2.27. The summed E-state index contributed by atoms with van der Waals surface area (Å²) in [6.45, 7) is 4.49. The van der Waals surface area contributed by atoms with Crippen LogP contribution in [-0.4, -0.2) is 18.6 Å².